The van der Waals surface area contributed by atoms with Gasteiger partial charge < -0.3 is 10.2 Å². The van der Waals surface area contributed by atoms with E-state index in [0.29, 0.717) is 22.9 Å². The summed E-state index contributed by atoms with van der Waals surface area (Å²) in [7, 11) is -27.9. The van der Waals surface area contributed by atoms with E-state index >= 15 is 0 Å². The fourth-order valence-electron chi connectivity index (χ4n) is 8.06. The number of hydrogen-bond donors (Lipinski definition) is 2. The Labute approximate surface area is 399 Å². The molecule has 0 saturated heterocycles. The van der Waals surface area contributed by atoms with Crippen molar-refractivity contribution in [1.82, 2.24) is 0 Å². The molecule has 8 aromatic rings. The summed E-state index contributed by atoms with van der Waals surface area (Å²) in [5, 5.41) is 22.9. The minimum Gasteiger partial charge on any atom is -0.507 e. The van der Waals surface area contributed by atoms with Gasteiger partial charge in [-0.2, -0.15) is 52.7 Å². The molecule has 0 bridgehead atoms. The molecule has 8 aromatic carbocycles. The van der Waals surface area contributed by atoms with Crippen LogP contribution in [0.15, 0.2) is 146 Å². The Balaban J connectivity index is 0.000000211. The highest BCUT2D eigenvalue weighted by Crippen LogP contribution is 2.53. The molecule has 2 N–H and O–H groups in total. The fraction of sp³-hybridized carbons (Fsp3) is 0.130. The molecule has 72 heavy (non-hydrogen) atoms. The molecule has 0 amide bonds. The van der Waals surface area contributed by atoms with Crippen molar-refractivity contribution in [2.75, 3.05) is 0 Å². The van der Waals surface area contributed by atoms with Gasteiger partial charge in [-0.25, -0.2) is 33.7 Å². The molecule has 0 heterocycles. The van der Waals surface area contributed by atoms with Crippen molar-refractivity contribution in [2.24, 2.45) is 0 Å². The normalized spacial score (nSPS) is 13.5. The van der Waals surface area contributed by atoms with E-state index in [2.05, 4.69) is 0 Å². The van der Waals surface area contributed by atoms with Gasteiger partial charge in [-0.3, -0.25) is 0 Å². The van der Waals surface area contributed by atoms with Gasteiger partial charge in [0.1, 0.15) is 11.5 Å². The zero-order chi connectivity index (χ0) is 53.4. The molecule has 0 atom stereocenters. The molecule has 0 aromatic heterocycles. The standard InChI is InChI=1S/2C23H14F6O5S2/c2*24-22(25,26)35(31,32)21(36(33,34)23(27,28)29)17-11-9-13-5-1-3-7-15(13)19(17)20-16-8-4-2-6-14(16)10-12-18(20)30/h2*1-12,21,30H. The maximum absolute atomic E-state index is 13.6. The number of fused-ring (bicyclic) bond motifs is 4. The lowest BCUT2D eigenvalue weighted by atomic mass is 9.90. The summed E-state index contributed by atoms with van der Waals surface area (Å²) in [5.74, 6) is -1.22. The minimum absolute atomic E-state index is 0.0681. The second-order valence-electron chi connectivity index (χ2n) is 15.5. The molecule has 0 spiro atoms. The highest BCUT2D eigenvalue weighted by atomic mass is 32.3. The second kappa shape index (κ2) is 18.1. The SMILES string of the molecule is O=S(=O)(C(c1ccc2ccccc2c1-c1c(O)ccc2ccccc12)S(=O)(=O)C(F)(F)F)C(F)(F)F.O=S(=O)(C(c1ccc2ccccc2c1-c1c(O)ccc2ccccc12)S(=O)(=O)C(F)(F)F)C(F)(F)F. The third kappa shape index (κ3) is 9.01. The predicted octanol–water partition coefficient (Wildman–Crippen LogP) is 12.5. The van der Waals surface area contributed by atoms with Crippen LogP contribution < -0.4 is 0 Å². The van der Waals surface area contributed by atoms with E-state index in [1.807, 2.05) is 0 Å². The van der Waals surface area contributed by atoms with Crippen LogP contribution in [-0.2, 0) is 39.3 Å². The summed E-state index contributed by atoms with van der Waals surface area (Å²) in [6.07, 6.45) is 0. The van der Waals surface area contributed by atoms with Crippen molar-refractivity contribution in [1.29, 1.82) is 0 Å². The van der Waals surface area contributed by atoms with Crippen LogP contribution in [0, 0.1) is 0 Å². The average molecular weight is 1100 g/mol. The van der Waals surface area contributed by atoms with E-state index in [1.54, 1.807) is 24.3 Å². The summed E-state index contributed by atoms with van der Waals surface area (Å²) in [6.45, 7) is 0. The van der Waals surface area contributed by atoms with Crippen molar-refractivity contribution in [3.63, 3.8) is 0 Å². The lowest BCUT2D eigenvalue weighted by Gasteiger charge is -2.25. The first kappa shape index (κ1) is 53.2. The zero-order valence-electron chi connectivity index (χ0n) is 35.3. The Morgan fingerprint density at radius 1 is 0.292 bits per heavy atom. The Bertz CT molecular complexity index is 3590. The monoisotopic (exact) mass is 1100 g/mol. The van der Waals surface area contributed by atoms with E-state index in [9.17, 15) is 96.6 Å². The molecular weight excluding hydrogens is 1070 g/mol. The first-order chi connectivity index (χ1) is 33.2. The number of sulfone groups is 4. The van der Waals surface area contributed by atoms with Crippen molar-refractivity contribution >= 4 is 82.4 Å². The number of benzene rings is 8. The molecule has 0 fully saturated rings. The van der Waals surface area contributed by atoms with Gasteiger partial charge in [-0.1, -0.05) is 133 Å². The van der Waals surface area contributed by atoms with E-state index in [1.165, 1.54) is 84.9 Å². The fourth-order valence-corrected chi connectivity index (χ4v) is 15.1. The highest BCUT2D eigenvalue weighted by molar-refractivity contribution is 8.09. The second-order valence-corrected chi connectivity index (χ2v) is 24.2. The Kier molecular flexibility index (Phi) is 13.4. The van der Waals surface area contributed by atoms with Crippen LogP contribution in [0.1, 0.15) is 20.3 Å². The lowest BCUT2D eigenvalue weighted by Crippen LogP contribution is -2.39. The lowest BCUT2D eigenvalue weighted by molar-refractivity contribution is -0.0483. The topological polar surface area (TPSA) is 177 Å². The molecule has 0 saturated carbocycles. The summed E-state index contributed by atoms with van der Waals surface area (Å²) in [6, 6.07) is 31.5. The molecule has 10 nitrogen and oxygen atoms in total. The van der Waals surface area contributed by atoms with Crippen molar-refractivity contribution in [2.45, 2.75) is 31.2 Å². The number of phenolic OH excluding ortho intramolecular Hbond substituents is 2. The molecule has 0 aliphatic heterocycles. The smallest absolute Gasteiger partial charge is 0.499 e. The van der Waals surface area contributed by atoms with Crippen molar-refractivity contribution in [3.05, 3.63) is 157 Å². The molecule has 26 heteroatoms. The Hall–Kier alpha value is -6.64. The molecule has 380 valence electrons. The predicted molar refractivity (Wildman–Crippen MR) is 242 cm³/mol. The molecule has 0 unspecified atom stereocenters. The van der Waals surface area contributed by atoms with Gasteiger partial charge in [0.2, 0.25) is 9.16 Å². The van der Waals surface area contributed by atoms with Crippen LogP contribution in [0.3, 0.4) is 0 Å². The largest absolute Gasteiger partial charge is 0.507 e. The number of rotatable bonds is 8. The maximum Gasteiger partial charge on any atom is 0.499 e. The van der Waals surface area contributed by atoms with Gasteiger partial charge in [0.05, 0.1) is 0 Å². The van der Waals surface area contributed by atoms with Crippen molar-refractivity contribution in [3.8, 4) is 33.8 Å². The first-order valence-corrected chi connectivity index (χ1v) is 26.0. The van der Waals surface area contributed by atoms with Gasteiger partial charge in [0.25, 0.3) is 39.3 Å². The number of aromatic hydroxyl groups is 2. The van der Waals surface area contributed by atoms with Gasteiger partial charge in [-0.15, -0.1) is 0 Å². The van der Waals surface area contributed by atoms with Crippen LogP contribution in [0.5, 0.6) is 11.5 Å². The van der Waals surface area contributed by atoms with Crippen LogP contribution >= 0.6 is 0 Å². The molecular formula is C46H28F12O10S4. The zero-order valence-corrected chi connectivity index (χ0v) is 38.6. The summed E-state index contributed by atoms with van der Waals surface area (Å²) in [5.41, 5.74) is -29.8. The summed E-state index contributed by atoms with van der Waals surface area (Å²) in [4.78, 5) is 0. The average Bonchev–Trinajstić information content (AvgIpc) is 3.28. The maximum atomic E-state index is 13.6. The Morgan fingerprint density at radius 2 is 0.500 bits per heavy atom. The molecule has 0 aliphatic rings. The minimum atomic E-state index is -6.99. The molecule has 8 rings (SSSR count). The van der Waals surface area contributed by atoms with Crippen molar-refractivity contribution < 1.29 is 96.6 Å². The van der Waals surface area contributed by atoms with E-state index in [-0.39, 0.29) is 43.4 Å². The van der Waals surface area contributed by atoms with Crippen LogP contribution in [0.4, 0.5) is 52.7 Å². The van der Waals surface area contributed by atoms with Crippen LogP contribution in [-0.4, -0.2) is 65.9 Å². The quantitative estimate of drug-likeness (QED) is 0.139. The van der Waals surface area contributed by atoms with Gasteiger partial charge in [0, 0.05) is 11.1 Å². The number of hydrogen-bond acceptors (Lipinski definition) is 10. The van der Waals surface area contributed by atoms with E-state index in [0.717, 1.165) is 24.3 Å². The third-order valence-corrected chi connectivity index (χ3v) is 20.1. The van der Waals surface area contributed by atoms with E-state index in [4.69, 9.17) is 0 Å². The number of phenols is 2. The molecule has 0 radical (unpaired) electrons. The van der Waals surface area contributed by atoms with Crippen LogP contribution in [0.25, 0.3) is 65.3 Å². The van der Waals surface area contributed by atoms with Gasteiger partial charge >= 0.3 is 22.0 Å². The van der Waals surface area contributed by atoms with Gasteiger partial charge in [0.15, 0.2) is 0 Å². The first-order valence-electron chi connectivity index (χ1n) is 19.8. The Morgan fingerprint density at radius 3 is 0.736 bits per heavy atom. The van der Waals surface area contributed by atoms with Crippen LogP contribution in [0.2, 0.25) is 0 Å². The summed E-state index contributed by atoms with van der Waals surface area (Å²) >= 11 is 0. The molecule has 0 aliphatic carbocycles. The number of halogens is 12. The van der Waals surface area contributed by atoms with Gasteiger partial charge in [-0.05, 0) is 77.5 Å². The third-order valence-electron chi connectivity index (χ3n) is 11.2. The highest BCUT2D eigenvalue weighted by Gasteiger charge is 2.65. The summed E-state index contributed by atoms with van der Waals surface area (Å²) < 4.78 is 255. The number of alkyl halides is 12. The van der Waals surface area contributed by atoms with E-state index < -0.39 is 104 Å².